The van der Waals surface area contributed by atoms with Crippen LogP contribution < -0.4 is 4.90 Å². The molecular weight excluding hydrogens is 217 g/mol. The van der Waals surface area contributed by atoms with Crippen molar-refractivity contribution in [1.29, 1.82) is 0 Å². The van der Waals surface area contributed by atoms with Gasteiger partial charge in [0.1, 0.15) is 5.82 Å². The Morgan fingerprint density at radius 3 is 2.59 bits per heavy atom. The van der Waals surface area contributed by atoms with Crippen LogP contribution in [0.3, 0.4) is 0 Å². The Balaban J connectivity index is 2.17. The van der Waals surface area contributed by atoms with E-state index in [1.165, 1.54) is 6.07 Å². The van der Waals surface area contributed by atoms with Gasteiger partial charge >= 0.3 is 0 Å². The van der Waals surface area contributed by atoms with Crippen LogP contribution in [0.5, 0.6) is 0 Å². The van der Waals surface area contributed by atoms with Crippen LogP contribution in [0.4, 0.5) is 10.2 Å². The first-order valence-corrected chi connectivity index (χ1v) is 5.56. The zero-order valence-corrected chi connectivity index (χ0v) is 9.68. The number of hydrogen-bond acceptors (Lipinski definition) is 3. The third-order valence-corrected chi connectivity index (χ3v) is 2.53. The third kappa shape index (κ3) is 3.00. The molecular formula is C13H14FN3. The zero-order valence-electron chi connectivity index (χ0n) is 9.68. The Hall–Kier alpha value is -1.97. The minimum absolute atomic E-state index is 0.448. The van der Waals surface area contributed by atoms with Crippen LogP contribution >= 0.6 is 0 Å². The maximum atomic E-state index is 13.1. The smallest absolute Gasteiger partial charge is 0.214 e. The first kappa shape index (κ1) is 11.5. The number of hydrogen-bond donors (Lipinski definition) is 0. The van der Waals surface area contributed by atoms with Crippen molar-refractivity contribution in [3.8, 4) is 0 Å². The standard InChI is InChI=1S/C13H14FN3/c1-2-17(10-11-6-8-15-9-7-11)13-5-3-4-12(14)16-13/h3-9H,2,10H2,1H3. The summed E-state index contributed by atoms with van der Waals surface area (Å²) in [5.41, 5.74) is 1.13. The number of anilines is 1. The maximum absolute atomic E-state index is 13.1. The highest BCUT2D eigenvalue weighted by molar-refractivity contribution is 5.38. The fourth-order valence-corrected chi connectivity index (χ4v) is 1.64. The molecule has 2 aromatic rings. The van der Waals surface area contributed by atoms with E-state index >= 15 is 0 Å². The van der Waals surface area contributed by atoms with Gasteiger partial charge < -0.3 is 4.90 Å². The van der Waals surface area contributed by atoms with Crippen molar-refractivity contribution in [1.82, 2.24) is 9.97 Å². The lowest BCUT2D eigenvalue weighted by Crippen LogP contribution is -2.23. The summed E-state index contributed by atoms with van der Waals surface area (Å²) in [6, 6.07) is 8.73. The quantitative estimate of drug-likeness (QED) is 0.757. The van der Waals surface area contributed by atoms with Gasteiger partial charge in [0.2, 0.25) is 5.95 Å². The summed E-state index contributed by atoms with van der Waals surface area (Å²) in [7, 11) is 0. The van der Waals surface area contributed by atoms with Gasteiger partial charge in [-0.05, 0) is 36.8 Å². The second kappa shape index (κ2) is 5.39. The molecule has 2 heterocycles. The maximum Gasteiger partial charge on any atom is 0.214 e. The Labute approximate surface area is 99.9 Å². The lowest BCUT2D eigenvalue weighted by atomic mass is 10.2. The van der Waals surface area contributed by atoms with Gasteiger partial charge in [-0.15, -0.1) is 0 Å². The number of pyridine rings is 2. The van der Waals surface area contributed by atoms with E-state index in [1.807, 2.05) is 30.0 Å². The molecule has 0 saturated heterocycles. The van der Waals surface area contributed by atoms with Crippen LogP contribution in [0, 0.1) is 5.95 Å². The Morgan fingerprint density at radius 1 is 1.18 bits per heavy atom. The van der Waals surface area contributed by atoms with Gasteiger partial charge in [0.05, 0.1) is 0 Å². The highest BCUT2D eigenvalue weighted by atomic mass is 19.1. The molecule has 0 aliphatic carbocycles. The molecule has 0 saturated carbocycles. The predicted octanol–water partition coefficient (Wildman–Crippen LogP) is 2.64. The molecule has 2 rings (SSSR count). The van der Waals surface area contributed by atoms with Gasteiger partial charge in [0.15, 0.2) is 0 Å². The summed E-state index contributed by atoms with van der Waals surface area (Å²) < 4.78 is 13.1. The molecule has 0 spiro atoms. The first-order chi connectivity index (χ1) is 8.29. The summed E-state index contributed by atoms with van der Waals surface area (Å²) in [6.07, 6.45) is 3.50. The average molecular weight is 231 g/mol. The van der Waals surface area contributed by atoms with Crippen molar-refractivity contribution >= 4 is 5.82 Å². The van der Waals surface area contributed by atoms with Crippen LogP contribution in [0.1, 0.15) is 12.5 Å². The van der Waals surface area contributed by atoms with Gasteiger partial charge in [-0.3, -0.25) is 4.98 Å². The van der Waals surface area contributed by atoms with E-state index in [4.69, 9.17) is 0 Å². The number of rotatable bonds is 4. The van der Waals surface area contributed by atoms with Gasteiger partial charge in [-0.1, -0.05) is 6.07 Å². The van der Waals surface area contributed by atoms with Crippen molar-refractivity contribution in [2.45, 2.75) is 13.5 Å². The molecule has 3 nitrogen and oxygen atoms in total. The zero-order chi connectivity index (χ0) is 12.1. The Morgan fingerprint density at radius 2 is 1.94 bits per heavy atom. The van der Waals surface area contributed by atoms with Crippen molar-refractivity contribution in [2.24, 2.45) is 0 Å². The molecule has 0 N–H and O–H groups in total. The fraction of sp³-hybridized carbons (Fsp3) is 0.231. The van der Waals surface area contributed by atoms with E-state index in [2.05, 4.69) is 9.97 Å². The number of nitrogens with zero attached hydrogens (tertiary/aromatic N) is 3. The second-order valence-electron chi connectivity index (χ2n) is 3.69. The summed E-state index contributed by atoms with van der Waals surface area (Å²) in [6.45, 7) is 3.50. The molecule has 0 bridgehead atoms. The minimum Gasteiger partial charge on any atom is -0.352 e. The van der Waals surface area contributed by atoms with Crippen LogP contribution in [0.25, 0.3) is 0 Å². The fourth-order valence-electron chi connectivity index (χ4n) is 1.64. The Bertz CT molecular complexity index is 473. The van der Waals surface area contributed by atoms with E-state index in [9.17, 15) is 4.39 Å². The molecule has 0 unspecified atom stereocenters. The number of aromatic nitrogens is 2. The predicted molar refractivity (Wildman–Crippen MR) is 65.2 cm³/mol. The third-order valence-electron chi connectivity index (χ3n) is 2.53. The molecule has 17 heavy (non-hydrogen) atoms. The SMILES string of the molecule is CCN(Cc1ccncc1)c1cccc(F)n1. The topological polar surface area (TPSA) is 29.0 Å². The van der Waals surface area contributed by atoms with Crippen LogP contribution in [-0.4, -0.2) is 16.5 Å². The van der Waals surface area contributed by atoms with Gasteiger partial charge in [-0.2, -0.15) is 4.39 Å². The van der Waals surface area contributed by atoms with E-state index in [-0.39, 0.29) is 0 Å². The Kier molecular flexibility index (Phi) is 3.65. The van der Waals surface area contributed by atoms with Crippen molar-refractivity contribution in [3.63, 3.8) is 0 Å². The lowest BCUT2D eigenvalue weighted by molar-refractivity contribution is 0.580. The van der Waals surface area contributed by atoms with Gasteiger partial charge in [0.25, 0.3) is 0 Å². The molecule has 0 aromatic carbocycles. The van der Waals surface area contributed by atoms with Crippen LogP contribution in [0.2, 0.25) is 0 Å². The second-order valence-corrected chi connectivity index (χ2v) is 3.69. The van der Waals surface area contributed by atoms with E-state index in [0.29, 0.717) is 12.4 Å². The lowest BCUT2D eigenvalue weighted by Gasteiger charge is -2.21. The first-order valence-electron chi connectivity index (χ1n) is 5.56. The molecule has 0 amide bonds. The largest absolute Gasteiger partial charge is 0.352 e. The molecule has 4 heteroatoms. The molecule has 0 aliphatic heterocycles. The van der Waals surface area contributed by atoms with E-state index in [0.717, 1.165) is 12.1 Å². The highest BCUT2D eigenvalue weighted by Crippen LogP contribution is 2.14. The minimum atomic E-state index is -0.448. The van der Waals surface area contributed by atoms with Crippen molar-refractivity contribution in [3.05, 3.63) is 54.2 Å². The summed E-state index contributed by atoms with van der Waals surface area (Å²) >= 11 is 0. The molecule has 0 atom stereocenters. The summed E-state index contributed by atoms with van der Waals surface area (Å²) in [5, 5.41) is 0. The number of halogens is 1. The van der Waals surface area contributed by atoms with E-state index in [1.54, 1.807) is 18.5 Å². The summed E-state index contributed by atoms with van der Waals surface area (Å²) in [5.74, 6) is 0.208. The molecule has 0 fully saturated rings. The monoisotopic (exact) mass is 231 g/mol. The van der Waals surface area contributed by atoms with E-state index < -0.39 is 5.95 Å². The molecule has 0 aliphatic rings. The van der Waals surface area contributed by atoms with Crippen LogP contribution in [-0.2, 0) is 6.54 Å². The molecule has 2 aromatic heterocycles. The summed E-state index contributed by atoms with van der Waals surface area (Å²) in [4.78, 5) is 9.87. The van der Waals surface area contributed by atoms with Gasteiger partial charge in [-0.25, -0.2) is 4.98 Å². The molecule has 88 valence electrons. The average Bonchev–Trinajstić information content (AvgIpc) is 2.37. The van der Waals surface area contributed by atoms with Crippen LogP contribution in [0.15, 0.2) is 42.7 Å². The van der Waals surface area contributed by atoms with Gasteiger partial charge in [0, 0.05) is 25.5 Å². The normalized spacial score (nSPS) is 10.2. The molecule has 0 radical (unpaired) electrons. The van der Waals surface area contributed by atoms with Crippen molar-refractivity contribution < 1.29 is 4.39 Å². The van der Waals surface area contributed by atoms with Crippen molar-refractivity contribution in [2.75, 3.05) is 11.4 Å². The highest BCUT2D eigenvalue weighted by Gasteiger charge is 2.07.